The van der Waals surface area contributed by atoms with E-state index in [1.807, 2.05) is 0 Å². The van der Waals surface area contributed by atoms with Crippen LogP contribution in [0.1, 0.15) is 110 Å². The van der Waals surface area contributed by atoms with Gasteiger partial charge in [-0.1, -0.05) is 107 Å². The summed E-state index contributed by atoms with van der Waals surface area (Å²) in [6.45, 7) is 2.23. The van der Waals surface area contributed by atoms with Crippen molar-refractivity contribution in [2.45, 2.75) is 110 Å². The van der Waals surface area contributed by atoms with E-state index in [-0.39, 0.29) is 6.61 Å². The van der Waals surface area contributed by atoms with Gasteiger partial charge in [-0.25, -0.2) is 4.18 Å². The third kappa shape index (κ3) is 21.8. The van der Waals surface area contributed by atoms with Crippen LogP contribution in [0.2, 0.25) is 0 Å². The van der Waals surface area contributed by atoms with Crippen molar-refractivity contribution >= 4 is 10.5 Å². The minimum atomic E-state index is -4.74. The molecule has 140 valence electrons. The molecule has 0 saturated heterocycles. The highest BCUT2D eigenvalue weighted by atomic mass is 32.3. The van der Waals surface area contributed by atoms with E-state index in [0.29, 0.717) is 6.42 Å². The molecular formula is C18H37FO3S. The van der Waals surface area contributed by atoms with Crippen LogP contribution in [-0.4, -0.2) is 15.0 Å². The second-order valence-corrected chi connectivity index (χ2v) is 7.54. The average molecular weight is 353 g/mol. The fourth-order valence-corrected chi connectivity index (χ4v) is 3.13. The van der Waals surface area contributed by atoms with E-state index in [4.69, 9.17) is 0 Å². The lowest BCUT2D eigenvalue weighted by molar-refractivity contribution is 0.284. The van der Waals surface area contributed by atoms with Crippen molar-refractivity contribution in [2.75, 3.05) is 6.61 Å². The number of hydrogen-bond donors (Lipinski definition) is 0. The Balaban J connectivity index is 3.03. The zero-order chi connectivity index (χ0) is 17.2. The van der Waals surface area contributed by atoms with E-state index >= 15 is 0 Å². The van der Waals surface area contributed by atoms with Gasteiger partial charge in [0.2, 0.25) is 0 Å². The van der Waals surface area contributed by atoms with Crippen LogP contribution in [0.25, 0.3) is 0 Å². The SMILES string of the molecule is CCCCCCCCCCCCCCCCCCOS(=O)(=O)F. The first kappa shape index (κ1) is 22.8. The van der Waals surface area contributed by atoms with Crippen molar-refractivity contribution in [2.24, 2.45) is 0 Å². The van der Waals surface area contributed by atoms with Crippen LogP contribution in [0.15, 0.2) is 0 Å². The molecule has 0 aromatic rings. The van der Waals surface area contributed by atoms with Gasteiger partial charge in [0.05, 0.1) is 6.61 Å². The van der Waals surface area contributed by atoms with Crippen LogP contribution >= 0.6 is 0 Å². The lowest BCUT2D eigenvalue weighted by Gasteiger charge is -2.03. The fraction of sp³-hybridized carbons (Fsp3) is 1.00. The first-order valence-corrected chi connectivity index (χ1v) is 11.0. The number of rotatable bonds is 18. The van der Waals surface area contributed by atoms with Crippen molar-refractivity contribution < 1.29 is 16.5 Å². The summed E-state index contributed by atoms with van der Waals surface area (Å²) in [5.74, 6) is 0. The van der Waals surface area contributed by atoms with Crippen molar-refractivity contribution in [1.82, 2.24) is 0 Å². The van der Waals surface area contributed by atoms with Gasteiger partial charge in [0, 0.05) is 0 Å². The maximum absolute atomic E-state index is 12.0. The molecule has 0 amide bonds. The second-order valence-electron chi connectivity index (χ2n) is 6.52. The van der Waals surface area contributed by atoms with Crippen LogP contribution in [0.5, 0.6) is 0 Å². The molecule has 5 heteroatoms. The molecule has 0 fully saturated rings. The van der Waals surface area contributed by atoms with E-state index in [1.54, 1.807) is 0 Å². The summed E-state index contributed by atoms with van der Waals surface area (Å²) >= 11 is 0. The van der Waals surface area contributed by atoms with E-state index in [2.05, 4.69) is 11.1 Å². The molecule has 0 radical (unpaired) electrons. The molecule has 0 aliphatic heterocycles. The topological polar surface area (TPSA) is 43.4 Å². The minimum Gasteiger partial charge on any atom is -0.245 e. The molecule has 0 aromatic heterocycles. The van der Waals surface area contributed by atoms with Crippen LogP contribution in [0.4, 0.5) is 3.89 Å². The summed E-state index contributed by atoms with van der Waals surface area (Å²) in [4.78, 5) is 0. The summed E-state index contributed by atoms with van der Waals surface area (Å²) in [6, 6.07) is 0. The van der Waals surface area contributed by atoms with Crippen molar-refractivity contribution in [1.29, 1.82) is 0 Å². The second kappa shape index (κ2) is 16.7. The minimum absolute atomic E-state index is 0.0305. The molecule has 0 unspecified atom stereocenters. The van der Waals surface area contributed by atoms with Gasteiger partial charge in [0.25, 0.3) is 0 Å². The molecule has 0 heterocycles. The van der Waals surface area contributed by atoms with Crippen LogP contribution in [0, 0.1) is 0 Å². The molecule has 0 aliphatic rings. The molecule has 0 N–H and O–H groups in total. The summed E-state index contributed by atoms with van der Waals surface area (Å²) in [7, 11) is -4.74. The summed E-state index contributed by atoms with van der Waals surface area (Å²) < 4.78 is 36.3. The Hall–Kier alpha value is -0.160. The number of halogens is 1. The van der Waals surface area contributed by atoms with Gasteiger partial charge in [0.1, 0.15) is 0 Å². The molecule has 23 heavy (non-hydrogen) atoms. The van der Waals surface area contributed by atoms with E-state index < -0.39 is 10.5 Å². The first-order valence-electron chi connectivity index (χ1n) is 9.65. The molecule has 0 spiro atoms. The van der Waals surface area contributed by atoms with Gasteiger partial charge in [-0.15, -0.1) is 0 Å². The first-order chi connectivity index (χ1) is 11.1. The normalized spacial score (nSPS) is 11.9. The molecule has 0 rings (SSSR count). The Bertz CT molecular complexity index is 331. The largest absolute Gasteiger partial charge is 0.437 e. The lowest BCUT2D eigenvalue weighted by Crippen LogP contribution is -2.00. The van der Waals surface area contributed by atoms with Crippen LogP contribution in [-0.2, 0) is 14.7 Å². The van der Waals surface area contributed by atoms with Crippen LogP contribution in [0.3, 0.4) is 0 Å². The maximum atomic E-state index is 12.0. The van der Waals surface area contributed by atoms with Crippen LogP contribution < -0.4 is 0 Å². The highest BCUT2D eigenvalue weighted by Crippen LogP contribution is 2.13. The Morgan fingerprint density at radius 1 is 0.609 bits per heavy atom. The predicted molar refractivity (Wildman–Crippen MR) is 95.5 cm³/mol. The average Bonchev–Trinajstić information content (AvgIpc) is 2.49. The summed E-state index contributed by atoms with van der Waals surface area (Å²) in [6.07, 6.45) is 20.1. The van der Waals surface area contributed by atoms with Gasteiger partial charge in [-0.2, -0.15) is 8.42 Å². The van der Waals surface area contributed by atoms with Gasteiger partial charge < -0.3 is 0 Å². The Kier molecular flexibility index (Phi) is 16.6. The van der Waals surface area contributed by atoms with Gasteiger partial charge in [-0.05, 0) is 6.42 Å². The monoisotopic (exact) mass is 352 g/mol. The molecule has 0 atom stereocenters. The Labute approximate surface area is 143 Å². The summed E-state index contributed by atoms with van der Waals surface area (Å²) in [5, 5.41) is 0. The van der Waals surface area contributed by atoms with Gasteiger partial charge in [0.15, 0.2) is 0 Å². The maximum Gasteiger partial charge on any atom is 0.437 e. The highest BCUT2D eigenvalue weighted by Gasteiger charge is 2.05. The quantitative estimate of drug-likeness (QED) is 0.209. The summed E-state index contributed by atoms with van der Waals surface area (Å²) in [5.41, 5.74) is 0. The van der Waals surface area contributed by atoms with Crippen molar-refractivity contribution in [3.63, 3.8) is 0 Å². The molecule has 0 aromatic carbocycles. The zero-order valence-electron chi connectivity index (χ0n) is 15.0. The highest BCUT2D eigenvalue weighted by molar-refractivity contribution is 7.81. The molecule has 0 saturated carbocycles. The third-order valence-electron chi connectivity index (χ3n) is 4.22. The Morgan fingerprint density at radius 2 is 0.913 bits per heavy atom. The lowest BCUT2D eigenvalue weighted by atomic mass is 10.0. The van der Waals surface area contributed by atoms with E-state index in [9.17, 15) is 12.3 Å². The van der Waals surface area contributed by atoms with E-state index in [1.165, 1.54) is 83.5 Å². The predicted octanol–water partition coefficient (Wildman–Crippen LogP) is 6.48. The zero-order valence-corrected chi connectivity index (χ0v) is 15.8. The third-order valence-corrected chi connectivity index (χ3v) is 4.67. The standard InChI is InChI=1S/C18H37FO3S/c1-2-3-4-5-6-7-8-9-10-11-12-13-14-15-16-17-18-22-23(19,20)21/h2-18H2,1H3. The number of unbranched alkanes of at least 4 members (excludes halogenated alkanes) is 15. The Morgan fingerprint density at radius 3 is 1.22 bits per heavy atom. The molecule has 0 bridgehead atoms. The molecular weight excluding hydrogens is 315 g/mol. The van der Waals surface area contributed by atoms with E-state index in [0.717, 1.165) is 12.8 Å². The molecule has 0 aliphatic carbocycles. The smallest absolute Gasteiger partial charge is 0.245 e. The number of hydrogen-bond acceptors (Lipinski definition) is 3. The van der Waals surface area contributed by atoms with Gasteiger partial charge >= 0.3 is 10.5 Å². The fourth-order valence-electron chi connectivity index (χ4n) is 2.81. The van der Waals surface area contributed by atoms with Crippen molar-refractivity contribution in [3.05, 3.63) is 0 Å². The molecule has 3 nitrogen and oxygen atoms in total. The van der Waals surface area contributed by atoms with Gasteiger partial charge in [-0.3, -0.25) is 0 Å². The van der Waals surface area contributed by atoms with Crippen molar-refractivity contribution in [3.8, 4) is 0 Å².